The fourth-order valence-electron chi connectivity index (χ4n) is 2.19. The summed E-state index contributed by atoms with van der Waals surface area (Å²) < 4.78 is 10.9. The number of carbonyl (C=O) groups is 2. The van der Waals surface area contributed by atoms with E-state index < -0.39 is 36.9 Å². The molecular formula is C15H26N2O6Si. The number of ether oxygens (including phenoxy) is 1. The summed E-state index contributed by atoms with van der Waals surface area (Å²) in [7, 11) is -2.17. The van der Waals surface area contributed by atoms with E-state index in [9.17, 15) is 19.7 Å². The maximum absolute atomic E-state index is 11.9. The Hall–Kier alpha value is -1.74. The molecule has 1 aliphatic heterocycles. The molecule has 136 valence electrons. The van der Waals surface area contributed by atoms with E-state index in [4.69, 9.17) is 9.16 Å². The van der Waals surface area contributed by atoms with Crippen LogP contribution in [0, 0.1) is 16.0 Å². The Labute approximate surface area is 142 Å². The van der Waals surface area contributed by atoms with Crippen molar-refractivity contribution in [2.75, 3.05) is 6.61 Å². The molecule has 9 heteroatoms. The lowest BCUT2D eigenvalue weighted by Crippen LogP contribution is -2.56. The van der Waals surface area contributed by atoms with Crippen LogP contribution in [0.5, 0.6) is 0 Å². The first-order valence-corrected chi connectivity index (χ1v) is 10.8. The van der Waals surface area contributed by atoms with Gasteiger partial charge in [-0.25, -0.2) is 4.79 Å². The van der Waals surface area contributed by atoms with Crippen molar-refractivity contribution in [2.45, 2.75) is 58.9 Å². The number of nitrogens with zero attached hydrogens (tertiary/aromatic N) is 1. The zero-order chi connectivity index (χ0) is 18.9. The minimum Gasteiger partial charge on any atom is -0.458 e. The molecule has 24 heavy (non-hydrogen) atoms. The summed E-state index contributed by atoms with van der Waals surface area (Å²) in [4.78, 5) is 34.2. The van der Waals surface area contributed by atoms with Crippen LogP contribution in [0.1, 0.15) is 34.6 Å². The smallest absolute Gasteiger partial charge is 0.411 e. The molecule has 8 nitrogen and oxygen atoms in total. The Balaban J connectivity index is 3.13. The molecule has 1 saturated heterocycles. The highest BCUT2D eigenvalue weighted by Crippen LogP contribution is 2.39. The Morgan fingerprint density at radius 3 is 2.33 bits per heavy atom. The lowest BCUT2D eigenvalue weighted by molar-refractivity contribution is -0.423. The van der Waals surface area contributed by atoms with Crippen molar-refractivity contribution in [3.8, 4) is 0 Å². The first-order valence-electron chi connectivity index (χ1n) is 7.87. The predicted octanol–water partition coefficient (Wildman–Crippen LogP) is 2.19. The number of nitro groups is 1. The van der Waals surface area contributed by atoms with Crippen molar-refractivity contribution >= 4 is 20.2 Å². The third-order valence-electron chi connectivity index (χ3n) is 4.51. The second kappa shape index (κ2) is 7.02. The first-order chi connectivity index (χ1) is 10.8. The van der Waals surface area contributed by atoms with E-state index in [1.807, 2.05) is 13.1 Å². The average molecular weight is 358 g/mol. The van der Waals surface area contributed by atoms with Gasteiger partial charge < -0.3 is 14.5 Å². The van der Waals surface area contributed by atoms with E-state index in [1.165, 1.54) is 0 Å². The zero-order valence-corrected chi connectivity index (χ0v) is 16.3. The van der Waals surface area contributed by atoms with Crippen LogP contribution in [0.3, 0.4) is 0 Å². The second-order valence-corrected chi connectivity index (χ2v) is 12.0. The lowest BCUT2D eigenvalue weighted by Gasteiger charge is -2.42. The van der Waals surface area contributed by atoms with Gasteiger partial charge in [0, 0.05) is 0 Å². The summed E-state index contributed by atoms with van der Waals surface area (Å²) in [6.45, 7) is 13.5. The van der Waals surface area contributed by atoms with Gasteiger partial charge in [0.2, 0.25) is 5.91 Å². The van der Waals surface area contributed by atoms with Crippen molar-refractivity contribution in [3.05, 3.63) is 21.5 Å². The SMILES string of the molecule is CCOC(=O)/C(=C1/NC(=O)[C@@H]1[C@@H](C)O[Si](C)(C)C(C)(C)C)[N+](=O)[O-]. The van der Waals surface area contributed by atoms with Gasteiger partial charge in [-0.15, -0.1) is 0 Å². The average Bonchev–Trinajstić information content (AvgIpc) is 2.35. The van der Waals surface area contributed by atoms with Gasteiger partial charge in [0.1, 0.15) is 11.6 Å². The molecule has 0 aromatic rings. The number of rotatable bonds is 6. The molecule has 0 spiro atoms. The maximum Gasteiger partial charge on any atom is 0.411 e. The van der Waals surface area contributed by atoms with E-state index in [0.717, 1.165) is 0 Å². The third kappa shape index (κ3) is 4.01. The van der Waals surface area contributed by atoms with Crippen LogP contribution in [0.25, 0.3) is 0 Å². The van der Waals surface area contributed by atoms with Gasteiger partial charge >= 0.3 is 11.7 Å². The summed E-state index contributed by atoms with van der Waals surface area (Å²) in [5, 5.41) is 13.5. The van der Waals surface area contributed by atoms with Crippen LogP contribution < -0.4 is 5.32 Å². The molecule has 0 unspecified atom stereocenters. The standard InChI is InChI=1S/C15H26N2O6Si/c1-8-22-14(19)12(17(20)21)11-10(13(18)16-11)9(2)23-24(6,7)15(3,4)5/h9-10H,8H2,1-7H3,(H,16,18)/b12-11-/t9-,10-/m1/s1. The Morgan fingerprint density at radius 2 is 1.96 bits per heavy atom. The molecule has 0 aromatic carbocycles. The molecule has 1 N–H and O–H groups in total. The van der Waals surface area contributed by atoms with Crippen molar-refractivity contribution in [2.24, 2.45) is 5.92 Å². The fourth-order valence-corrected chi connectivity index (χ4v) is 3.61. The van der Waals surface area contributed by atoms with Crippen LogP contribution in [-0.2, 0) is 18.8 Å². The van der Waals surface area contributed by atoms with E-state index >= 15 is 0 Å². The minimum absolute atomic E-state index is 0.0120. The maximum atomic E-state index is 11.9. The molecular weight excluding hydrogens is 332 g/mol. The van der Waals surface area contributed by atoms with Crippen LogP contribution in [-0.4, -0.2) is 37.8 Å². The highest BCUT2D eigenvalue weighted by Gasteiger charge is 2.50. The summed E-state index contributed by atoms with van der Waals surface area (Å²) in [6.07, 6.45) is -0.570. The van der Waals surface area contributed by atoms with Gasteiger partial charge in [-0.05, 0) is 32.0 Å². The molecule has 1 heterocycles. The number of hydrogen-bond acceptors (Lipinski definition) is 6. The largest absolute Gasteiger partial charge is 0.458 e. The molecule has 1 fully saturated rings. The van der Waals surface area contributed by atoms with E-state index in [2.05, 4.69) is 26.1 Å². The van der Waals surface area contributed by atoms with E-state index in [1.54, 1.807) is 13.8 Å². The van der Waals surface area contributed by atoms with Crippen molar-refractivity contribution < 1.29 is 23.7 Å². The molecule has 0 aromatic heterocycles. The van der Waals surface area contributed by atoms with Gasteiger partial charge in [0.25, 0.3) is 0 Å². The minimum atomic E-state index is -2.17. The highest BCUT2D eigenvalue weighted by atomic mass is 28.4. The molecule has 1 amide bonds. The number of esters is 1. The van der Waals surface area contributed by atoms with Crippen LogP contribution in [0.15, 0.2) is 11.4 Å². The van der Waals surface area contributed by atoms with Crippen LogP contribution in [0.2, 0.25) is 18.1 Å². The van der Waals surface area contributed by atoms with Gasteiger partial charge in [-0.1, -0.05) is 20.8 Å². The summed E-state index contributed by atoms with van der Waals surface area (Å²) in [5.74, 6) is -2.30. The van der Waals surface area contributed by atoms with E-state index in [-0.39, 0.29) is 23.2 Å². The second-order valence-electron chi connectivity index (χ2n) is 7.29. The first kappa shape index (κ1) is 20.3. The number of hydrogen-bond donors (Lipinski definition) is 1. The normalized spacial score (nSPS) is 21.5. The van der Waals surface area contributed by atoms with Crippen molar-refractivity contribution in [1.82, 2.24) is 5.32 Å². The van der Waals surface area contributed by atoms with Gasteiger partial charge in [-0.2, -0.15) is 0 Å². The molecule has 0 saturated carbocycles. The summed E-state index contributed by atoms with van der Waals surface area (Å²) >= 11 is 0. The number of amides is 1. The fraction of sp³-hybridized carbons (Fsp3) is 0.733. The van der Waals surface area contributed by atoms with Gasteiger partial charge in [0.05, 0.1) is 17.6 Å². The van der Waals surface area contributed by atoms with Crippen molar-refractivity contribution in [3.63, 3.8) is 0 Å². The number of carbonyl (C=O) groups excluding carboxylic acids is 2. The monoisotopic (exact) mass is 358 g/mol. The molecule has 2 atom stereocenters. The van der Waals surface area contributed by atoms with Crippen LogP contribution in [0.4, 0.5) is 0 Å². The summed E-state index contributed by atoms with van der Waals surface area (Å²) in [6, 6.07) is 0. The molecule has 1 aliphatic rings. The van der Waals surface area contributed by atoms with E-state index in [0.29, 0.717) is 0 Å². The summed E-state index contributed by atoms with van der Waals surface area (Å²) in [5.41, 5.74) is -0.762. The lowest BCUT2D eigenvalue weighted by atomic mass is 9.90. The quantitative estimate of drug-likeness (QED) is 0.195. The number of β-lactam (4-membered cyclic amide) rings is 1. The molecule has 1 rings (SSSR count). The zero-order valence-electron chi connectivity index (χ0n) is 15.3. The topological polar surface area (TPSA) is 108 Å². The molecule has 0 bridgehead atoms. The predicted molar refractivity (Wildman–Crippen MR) is 90.0 cm³/mol. The molecule has 0 radical (unpaired) electrons. The third-order valence-corrected chi connectivity index (χ3v) is 9.09. The van der Waals surface area contributed by atoms with Gasteiger partial charge in [0.15, 0.2) is 8.32 Å². The Kier molecular flexibility index (Phi) is 5.94. The highest BCUT2D eigenvalue weighted by molar-refractivity contribution is 6.74. The van der Waals surface area contributed by atoms with Crippen molar-refractivity contribution in [1.29, 1.82) is 0 Å². The molecule has 0 aliphatic carbocycles. The Bertz CT molecular complexity index is 579. The van der Waals surface area contributed by atoms with Crippen LogP contribution >= 0.6 is 0 Å². The Morgan fingerprint density at radius 1 is 1.42 bits per heavy atom. The van der Waals surface area contributed by atoms with Gasteiger partial charge in [-0.3, -0.25) is 14.9 Å². The number of nitrogens with one attached hydrogen (secondary N) is 1.